The van der Waals surface area contributed by atoms with Crippen LogP contribution in [0.25, 0.3) is 0 Å². The van der Waals surface area contributed by atoms with Crippen LogP contribution in [-0.2, 0) is 13.1 Å². The van der Waals surface area contributed by atoms with Crippen LogP contribution < -0.4 is 5.32 Å². The van der Waals surface area contributed by atoms with Crippen LogP contribution in [0.2, 0.25) is 0 Å². The van der Waals surface area contributed by atoms with Crippen LogP contribution in [0, 0.1) is 0 Å². The highest BCUT2D eigenvalue weighted by Gasteiger charge is 2.22. The predicted molar refractivity (Wildman–Crippen MR) is 85.9 cm³/mol. The fourth-order valence-electron chi connectivity index (χ4n) is 2.44. The smallest absolute Gasteiger partial charge is 0.107 e. The second-order valence-corrected chi connectivity index (χ2v) is 8.54. The summed E-state index contributed by atoms with van der Waals surface area (Å²) in [6.07, 6.45) is 0. The van der Waals surface area contributed by atoms with Gasteiger partial charge < -0.3 is 5.32 Å². The van der Waals surface area contributed by atoms with E-state index in [2.05, 4.69) is 55.1 Å². The van der Waals surface area contributed by atoms with Gasteiger partial charge in [-0.15, -0.1) is 11.3 Å². The molecule has 108 valence electrons. The van der Waals surface area contributed by atoms with Gasteiger partial charge in [0, 0.05) is 48.1 Å². The Bertz CT molecular complexity index is 382. The highest BCUT2D eigenvalue weighted by atomic mass is 32.2. The van der Waals surface area contributed by atoms with Crippen molar-refractivity contribution in [2.75, 3.05) is 13.1 Å². The van der Waals surface area contributed by atoms with Gasteiger partial charge in [0.15, 0.2) is 0 Å². The minimum absolute atomic E-state index is 0.521. The van der Waals surface area contributed by atoms with Crippen molar-refractivity contribution in [3.63, 3.8) is 0 Å². The maximum absolute atomic E-state index is 4.73. The molecule has 2 rings (SSSR count). The van der Waals surface area contributed by atoms with E-state index in [9.17, 15) is 0 Å². The zero-order chi connectivity index (χ0) is 13.8. The molecule has 2 unspecified atom stereocenters. The van der Waals surface area contributed by atoms with Crippen molar-refractivity contribution in [1.82, 2.24) is 15.2 Å². The summed E-state index contributed by atoms with van der Waals surface area (Å²) in [4.78, 5) is 7.28. The molecule has 1 aromatic heterocycles. The van der Waals surface area contributed by atoms with Crippen molar-refractivity contribution in [3.05, 3.63) is 16.1 Å². The zero-order valence-electron chi connectivity index (χ0n) is 12.3. The number of thiazole rings is 1. The Morgan fingerprint density at radius 1 is 1.37 bits per heavy atom. The minimum atomic E-state index is 0.521. The van der Waals surface area contributed by atoms with E-state index < -0.39 is 0 Å². The molecule has 0 aliphatic carbocycles. The largest absolute Gasteiger partial charge is 0.308 e. The fourth-order valence-corrected chi connectivity index (χ4v) is 4.56. The molecule has 0 bridgehead atoms. The topological polar surface area (TPSA) is 28.2 Å². The first-order valence-electron chi connectivity index (χ1n) is 7.07. The summed E-state index contributed by atoms with van der Waals surface area (Å²) in [7, 11) is 0. The molecule has 1 aromatic rings. The molecule has 0 aromatic carbocycles. The first-order valence-corrected chi connectivity index (χ1v) is 8.89. The monoisotopic (exact) mass is 299 g/mol. The molecule has 5 heteroatoms. The number of hydrogen-bond donors (Lipinski definition) is 1. The Labute approximate surface area is 125 Å². The highest BCUT2D eigenvalue weighted by Crippen LogP contribution is 2.25. The third-order valence-electron chi connectivity index (χ3n) is 3.14. The Morgan fingerprint density at radius 2 is 2.05 bits per heavy atom. The fraction of sp³-hybridized carbons (Fsp3) is 0.786. The average molecular weight is 300 g/mol. The molecule has 3 nitrogen and oxygen atoms in total. The Balaban J connectivity index is 1.85. The van der Waals surface area contributed by atoms with E-state index in [0.29, 0.717) is 6.04 Å². The van der Waals surface area contributed by atoms with E-state index >= 15 is 0 Å². The summed E-state index contributed by atoms with van der Waals surface area (Å²) in [5.74, 6) is 0. The number of nitrogens with zero attached hydrogens (tertiary/aromatic N) is 2. The molecule has 0 saturated carbocycles. The molecular weight excluding hydrogens is 274 g/mol. The highest BCUT2D eigenvalue weighted by molar-refractivity contribution is 8.00. The van der Waals surface area contributed by atoms with Crippen LogP contribution in [0.5, 0.6) is 0 Å². The van der Waals surface area contributed by atoms with Crippen molar-refractivity contribution >= 4 is 23.1 Å². The lowest BCUT2D eigenvalue weighted by molar-refractivity contribution is 0.260. The van der Waals surface area contributed by atoms with Gasteiger partial charge in [-0.25, -0.2) is 4.98 Å². The maximum Gasteiger partial charge on any atom is 0.107 e. The molecule has 1 N–H and O–H groups in total. The number of rotatable bonds is 5. The van der Waals surface area contributed by atoms with Crippen LogP contribution in [0.1, 0.15) is 38.4 Å². The number of thioether (sulfide) groups is 1. The number of aromatic nitrogens is 1. The van der Waals surface area contributed by atoms with Gasteiger partial charge in [0.05, 0.1) is 5.69 Å². The lowest BCUT2D eigenvalue weighted by atomic mass is 10.3. The zero-order valence-corrected chi connectivity index (χ0v) is 14.0. The van der Waals surface area contributed by atoms with Crippen molar-refractivity contribution in [1.29, 1.82) is 0 Å². The molecule has 0 radical (unpaired) electrons. The van der Waals surface area contributed by atoms with Gasteiger partial charge in [0.1, 0.15) is 5.01 Å². The van der Waals surface area contributed by atoms with E-state index in [1.165, 1.54) is 23.8 Å². The SMILES string of the molecule is CC(C)NCc1nc(CN2CC(C)SC(C)C2)cs1. The third-order valence-corrected chi connectivity index (χ3v) is 5.27. The molecule has 0 spiro atoms. The number of hydrogen-bond acceptors (Lipinski definition) is 5. The van der Waals surface area contributed by atoms with Crippen LogP contribution in [-0.4, -0.2) is 39.5 Å². The maximum atomic E-state index is 4.73. The molecule has 2 heterocycles. The Kier molecular flexibility index (Phi) is 5.69. The summed E-state index contributed by atoms with van der Waals surface area (Å²) in [5.41, 5.74) is 1.23. The molecular formula is C14H25N3S2. The van der Waals surface area contributed by atoms with Crippen molar-refractivity contribution in [2.24, 2.45) is 0 Å². The van der Waals surface area contributed by atoms with E-state index in [4.69, 9.17) is 4.98 Å². The molecule has 2 atom stereocenters. The normalized spacial score (nSPS) is 25.1. The Morgan fingerprint density at radius 3 is 2.68 bits per heavy atom. The summed E-state index contributed by atoms with van der Waals surface area (Å²) in [6, 6.07) is 0.521. The van der Waals surface area contributed by atoms with Crippen LogP contribution >= 0.6 is 23.1 Å². The van der Waals surface area contributed by atoms with Crippen molar-refractivity contribution in [2.45, 2.75) is 57.3 Å². The van der Waals surface area contributed by atoms with Gasteiger partial charge in [-0.2, -0.15) is 11.8 Å². The summed E-state index contributed by atoms with van der Waals surface area (Å²) >= 11 is 3.88. The Hall–Kier alpha value is -0.100. The van der Waals surface area contributed by atoms with Crippen molar-refractivity contribution in [3.8, 4) is 0 Å². The standard InChI is InChI=1S/C14H25N3S2/c1-10(2)15-5-14-16-13(9-18-14)8-17-6-11(3)19-12(4)7-17/h9-12,15H,5-8H2,1-4H3. The molecule has 1 aliphatic rings. The van der Waals surface area contributed by atoms with Crippen molar-refractivity contribution < 1.29 is 0 Å². The predicted octanol–water partition coefficient (Wildman–Crippen LogP) is 2.97. The van der Waals surface area contributed by atoms with E-state index in [1.807, 2.05) is 0 Å². The van der Waals surface area contributed by atoms with Gasteiger partial charge in [-0.3, -0.25) is 4.90 Å². The van der Waals surface area contributed by atoms with Crippen LogP contribution in [0.4, 0.5) is 0 Å². The van der Waals surface area contributed by atoms with E-state index in [1.54, 1.807) is 11.3 Å². The first-order chi connectivity index (χ1) is 9.02. The lowest BCUT2D eigenvalue weighted by Crippen LogP contribution is -2.39. The molecule has 1 saturated heterocycles. The van der Waals surface area contributed by atoms with Crippen LogP contribution in [0.3, 0.4) is 0 Å². The van der Waals surface area contributed by atoms with Crippen LogP contribution in [0.15, 0.2) is 5.38 Å². The van der Waals surface area contributed by atoms with Gasteiger partial charge >= 0.3 is 0 Å². The lowest BCUT2D eigenvalue weighted by Gasteiger charge is -2.34. The van der Waals surface area contributed by atoms with Gasteiger partial charge in [0.25, 0.3) is 0 Å². The summed E-state index contributed by atoms with van der Waals surface area (Å²) in [6.45, 7) is 13.3. The van der Waals surface area contributed by atoms with E-state index in [-0.39, 0.29) is 0 Å². The molecule has 0 amide bonds. The second-order valence-electron chi connectivity index (χ2n) is 5.72. The third kappa shape index (κ3) is 5.06. The summed E-state index contributed by atoms with van der Waals surface area (Å²) in [5, 5.41) is 8.33. The average Bonchev–Trinajstić information content (AvgIpc) is 2.72. The quantitative estimate of drug-likeness (QED) is 0.905. The minimum Gasteiger partial charge on any atom is -0.308 e. The molecule has 1 aliphatic heterocycles. The molecule has 19 heavy (non-hydrogen) atoms. The molecule has 1 fully saturated rings. The number of nitrogens with one attached hydrogen (secondary N) is 1. The van der Waals surface area contributed by atoms with Gasteiger partial charge in [0.2, 0.25) is 0 Å². The van der Waals surface area contributed by atoms with E-state index in [0.717, 1.165) is 23.6 Å². The second kappa shape index (κ2) is 7.07. The summed E-state index contributed by atoms with van der Waals surface area (Å²) < 4.78 is 0. The first kappa shape index (κ1) is 15.3. The van der Waals surface area contributed by atoms with Gasteiger partial charge in [-0.05, 0) is 0 Å². The van der Waals surface area contributed by atoms with Gasteiger partial charge in [-0.1, -0.05) is 27.7 Å².